The maximum atomic E-state index is 12.3. The number of rotatable bonds is 4. The molecule has 0 aliphatic carbocycles. The molecule has 0 saturated carbocycles. The molecule has 2 aromatic carbocycles. The Kier molecular flexibility index (Phi) is 6.05. The lowest BCUT2D eigenvalue weighted by Gasteiger charge is -2.10. The summed E-state index contributed by atoms with van der Waals surface area (Å²) < 4.78 is 12.4. The van der Waals surface area contributed by atoms with E-state index in [-0.39, 0.29) is 5.91 Å². The van der Waals surface area contributed by atoms with Gasteiger partial charge in [0.15, 0.2) is 5.17 Å². The van der Waals surface area contributed by atoms with E-state index in [4.69, 9.17) is 9.47 Å². The van der Waals surface area contributed by atoms with Crippen LogP contribution in [0.2, 0.25) is 0 Å². The predicted octanol–water partition coefficient (Wildman–Crippen LogP) is 5.12. The average molecular weight is 498 g/mol. The van der Waals surface area contributed by atoms with Gasteiger partial charge in [0.05, 0.1) is 29.3 Å². The number of hydrogen-bond acceptors (Lipinski definition) is 5. The number of nitrogens with one attached hydrogen (secondary N) is 1. The summed E-state index contributed by atoms with van der Waals surface area (Å²) in [6, 6.07) is 11.2. The summed E-state index contributed by atoms with van der Waals surface area (Å²) in [4.78, 5) is 17.3. The number of carbonyl (C=O) groups excluding carboxylic acids is 1. The first-order valence-corrected chi connectivity index (χ1v) is 9.87. The fourth-order valence-corrected chi connectivity index (χ4v) is 4.02. The maximum absolute atomic E-state index is 12.3. The van der Waals surface area contributed by atoms with Crippen molar-refractivity contribution >= 4 is 66.5 Å². The van der Waals surface area contributed by atoms with Gasteiger partial charge in [-0.15, -0.1) is 0 Å². The molecule has 0 atom stereocenters. The van der Waals surface area contributed by atoms with E-state index >= 15 is 0 Å². The number of nitrogens with zero attached hydrogens (tertiary/aromatic N) is 1. The van der Waals surface area contributed by atoms with Crippen LogP contribution in [0.3, 0.4) is 0 Å². The molecule has 0 spiro atoms. The Balaban J connectivity index is 1.91. The van der Waals surface area contributed by atoms with Gasteiger partial charge in [-0.2, -0.15) is 0 Å². The molecule has 8 heteroatoms. The highest BCUT2D eigenvalue weighted by molar-refractivity contribution is 9.10. The van der Waals surface area contributed by atoms with Crippen molar-refractivity contribution in [3.05, 3.63) is 55.8 Å². The van der Waals surface area contributed by atoms with Crippen molar-refractivity contribution in [3.8, 4) is 11.5 Å². The standard InChI is InChI=1S/C18H14Br2N2O3S/c1-24-14-9-15(25-2)13(20)6-10(14)7-16-17(23)22-18(26-16)21-12-5-3-4-11(19)8-12/h3-9H,1-2H3,(H,21,22,23)/b16-7-. The summed E-state index contributed by atoms with van der Waals surface area (Å²) in [7, 11) is 3.16. The maximum Gasteiger partial charge on any atom is 0.264 e. The Morgan fingerprint density at radius 3 is 2.58 bits per heavy atom. The van der Waals surface area contributed by atoms with Crippen LogP contribution in [0.25, 0.3) is 6.08 Å². The number of methoxy groups -OCH3 is 2. The van der Waals surface area contributed by atoms with Crippen LogP contribution in [0.4, 0.5) is 5.69 Å². The fraction of sp³-hybridized carbons (Fsp3) is 0.111. The summed E-state index contributed by atoms with van der Waals surface area (Å²) in [6.07, 6.45) is 1.77. The molecule has 1 aliphatic heterocycles. The molecule has 1 saturated heterocycles. The van der Waals surface area contributed by atoms with Gasteiger partial charge in [-0.1, -0.05) is 22.0 Å². The van der Waals surface area contributed by atoms with Gasteiger partial charge < -0.3 is 14.8 Å². The Morgan fingerprint density at radius 1 is 1.12 bits per heavy atom. The third-order valence-electron chi connectivity index (χ3n) is 3.48. The zero-order chi connectivity index (χ0) is 18.7. The Morgan fingerprint density at radius 2 is 1.88 bits per heavy atom. The summed E-state index contributed by atoms with van der Waals surface area (Å²) in [5.74, 6) is 1.07. The number of halogens is 2. The minimum Gasteiger partial charge on any atom is -0.496 e. The van der Waals surface area contributed by atoms with Crippen molar-refractivity contribution in [2.75, 3.05) is 14.2 Å². The molecular weight excluding hydrogens is 484 g/mol. The van der Waals surface area contributed by atoms with Gasteiger partial charge in [0.1, 0.15) is 11.5 Å². The molecule has 1 aliphatic rings. The van der Waals surface area contributed by atoms with E-state index in [9.17, 15) is 4.79 Å². The molecule has 0 bridgehead atoms. The van der Waals surface area contributed by atoms with Crippen molar-refractivity contribution in [2.45, 2.75) is 0 Å². The molecule has 0 aromatic heterocycles. The van der Waals surface area contributed by atoms with Crippen LogP contribution in [0.1, 0.15) is 5.56 Å². The number of thioether (sulfide) groups is 1. The topological polar surface area (TPSA) is 59.9 Å². The molecule has 26 heavy (non-hydrogen) atoms. The Hall–Kier alpha value is -1.77. The lowest BCUT2D eigenvalue weighted by atomic mass is 10.1. The summed E-state index contributed by atoms with van der Waals surface area (Å²) in [5.41, 5.74) is 1.52. The summed E-state index contributed by atoms with van der Waals surface area (Å²) >= 11 is 8.15. The van der Waals surface area contributed by atoms with Crippen molar-refractivity contribution < 1.29 is 14.3 Å². The van der Waals surface area contributed by atoms with E-state index in [1.807, 2.05) is 30.3 Å². The quantitative estimate of drug-likeness (QED) is 0.595. The van der Waals surface area contributed by atoms with Crippen LogP contribution in [0, 0.1) is 0 Å². The zero-order valence-electron chi connectivity index (χ0n) is 13.9. The van der Waals surface area contributed by atoms with E-state index in [0.29, 0.717) is 21.6 Å². The van der Waals surface area contributed by atoms with E-state index in [1.165, 1.54) is 11.8 Å². The number of ether oxygens (including phenoxy) is 2. The van der Waals surface area contributed by atoms with Gasteiger partial charge in [0.2, 0.25) is 0 Å². The first-order chi connectivity index (χ1) is 12.5. The molecule has 1 N–H and O–H groups in total. The number of amides is 1. The van der Waals surface area contributed by atoms with Gasteiger partial charge in [-0.3, -0.25) is 4.79 Å². The average Bonchev–Trinajstić information content (AvgIpc) is 2.94. The molecule has 5 nitrogen and oxygen atoms in total. The van der Waals surface area contributed by atoms with Gasteiger partial charge in [0, 0.05) is 16.1 Å². The lowest BCUT2D eigenvalue weighted by Crippen LogP contribution is -2.19. The third-order valence-corrected chi connectivity index (χ3v) is 5.50. The van der Waals surface area contributed by atoms with Crippen LogP contribution in [0.15, 0.2) is 55.2 Å². The van der Waals surface area contributed by atoms with Gasteiger partial charge >= 0.3 is 0 Å². The van der Waals surface area contributed by atoms with Gasteiger partial charge in [-0.25, -0.2) is 4.99 Å². The summed E-state index contributed by atoms with van der Waals surface area (Å²) in [6.45, 7) is 0. The van der Waals surface area contributed by atoms with Crippen LogP contribution in [-0.4, -0.2) is 25.3 Å². The molecule has 1 amide bonds. The molecule has 134 valence electrons. The summed E-state index contributed by atoms with van der Waals surface area (Å²) in [5, 5.41) is 3.31. The number of carbonyl (C=O) groups is 1. The number of amidine groups is 1. The normalized spacial score (nSPS) is 16.8. The van der Waals surface area contributed by atoms with E-state index in [1.54, 1.807) is 26.4 Å². The first kappa shape index (κ1) is 19.0. The minimum absolute atomic E-state index is 0.197. The van der Waals surface area contributed by atoms with E-state index in [0.717, 1.165) is 20.2 Å². The Labute approximate surface area is 172 Å². The van der Waals surface area contributed by atoms with Crippen molar-refractivity contribution in [1.82, 2.24) is 5.32 Å². The van der Waals surface area contributed by atoms with Gasteiger partial charge in [-0.05, 0) is 58.0 Å². The van der Waals surface area contributed by atoms with Crippen LogP contribution < -0.4 is 14.8 Å². The second-order valence-electron chi connectivity index (χ2n) is 5.19. The predicted molar refractivity (Wildman–Crippen MR) is 112 cm³/mol. The largest absolute Gasteiger partial charge is 0.496 e. The lowest BCUT2D eigenvalue weighted by molar-refractivity contribution is -0.115. The molecule has 1 heterocycles. The molecule has 1 fully saturated rings. The molecule has 3 rings (SSSR count). The zero-order valence-corrected chi connectivity index (χ0v) is 17.9. The molecule has 0 unspecified atom stereocenters. The monoisotopic (exact) mass is 496 g/mol. The highest BCUT2D eigenvalue weighted by Crippen LogP contribution is 2.36. The number of hydrogen-bond donors (Lipinski definition) is 1. The fourth-order valence-electron chi connectivity index (χ4n) is 2.28. The molecule has 0 radical (unpaired) electrons. The smallest absolute Gasteiger partial charge is 0.264 e. The highest BCUT2D eigenvalue weighted by atomic mass is 79.9. The first-order valence-electron chi connectivity index (χ1n) is 7.47. The van der Waals surface area contributed by atoms with E-state index in [2.05, 4.69) is 42.2 Å². The van der Waals surface area contributed by atoms with Crippen LogP contribution in [0.5, 0.6) is 11.5 Å². The van der Waals surface area contributed by atoms with Crippen molar-refractivity contribution in [3.63, 3.8) is 0 Å². The van der Waals surface area contributed by atoms with Crippen LogP contribution in [-0.2, 0) is 4.79 Å². The Bertz CT molecular complexity index is 929. The molecule has 2 aromatic rings. The number of aliphatic imine (C=N–C) groups is 1. The minimum atomic E-state index is -0.197. The van der Waals surface area contributed by atoms with Gasteiger partial charge in [0.25, 0.3) is 5.91 Å². The second-order valence-corrected chi connectivity index (χ2v) is 7.99. The molecular formula is C18H14Br2N2O3S. The van der Waals surface area contributed by atoms with E-state index < -0.39 is 0 Å². The van der Waals surface area contributed by atoms with Crippen molar-refractivity contribution in [1.29, 1.82) is 0 Å². The van der Waals surface area contributed by atoms with Crippen LogP contribution >= 0.6 is 43.6 Å². The van der Waals surface area contributed by atoms with Crippen molar-refractivity contribution in [2.24, 2.45) is 4.99 Å². The second kappa shape index (κ2) is 8.28. The number of benzene rings is 2. The third kappa shape index (κ3) is 4.31. The highest BCUT2D eigenvalue weighted by Gasteiger charge is 2.24. The SMILES string of the molecule is COc1cc(OC)c(/C=C2\SC(=Nc3cccc(Br)c3)NC2=O)cc1Br.